The van der Waals surface area contributed by atoms with E-state index in [9.17, 15) is 13.2 Å². The maximum absolute atomic E-state index is 11.7. The van der Waals surface area contributed by atoms with Crippen molar-refractivity contribution in [3.8, 4) is 0 Å². The molecule has 4 nitrogen and oxygen atoms in total. The van der Waals surface area contributed by atoms with Crippen molar-refractivity contribution in [3.05, 3.63) is 0 Å². The highest BCUT2D eigenvalue weighted by molar-refractivity contribution is 4.62. The summed E-state index contributed by atoms with van der Waals surface area (Å²) < 4.78 is 44.9. The van der Waals surface area contributed by atoms with Crippen LogP contribution in [0.3, 0.4) is 0 Å². The van der Waals surface area contributed by atoms with Crippen molar-refractivity contribution in [2.45, 2.75) is 38.6 Å². The molecule has 0 fully saturated rings. The van der Waals surface area contributed by atoms with E-state index in [2.05, 4.69) is 10.2 Å². The van der Waals surface area contributed by atoms with Crippen LogP contribution in [0.25, 0.3) is 0 Å². The average Bonchev–Trinajstić information content (AvgIpc) is 2.15. The lowest BCUT2D eigenvalue weighted by Gasteiger charge is -2.17. The first kappa shape index (κ1) is 15.6. The first-order valence-electron chi connectivity index (χ1n) is 5.07. The summed E-state index contributed by atoms with van der Waals surface area (Å²) in [4.78, 5) is 0. The van der Waals surface area contributed by atoms with E-state index in [4.69, 9.17) is 10.6 Å². The summed E-state index contributed by atoms with van der Waals surface area (Å²) in [5, 5.41) is 0. The molecule has 0 saturated heterocycles. The van der Waals surface area contributed by atoms with Crippen molar-refractivity contribution in [1.29, 1.82) is 0 Å². The number of rotatable bonds is 8. The van der Waals surface area contributed by atoms with E-state index in [1.54, 1.807) is 0 Å². The maximum Gasteiger partial charge on any atom is 0.411 e. The predicted molar refractivity (Wildman–Crippen MR) is 53.7 cm³/mol. The molecule has 0 aliphatic heterocycles. The number of nitrogens with one attached hydrogen (secondary N) is 1. The highest BCUT2D eigenvalue weighted by Gasteiger charge is 2.27. The van der Waals surface area contributed by atoms with E-state index in [0.29, 0.717) is 13.0 Å². The van der Waals surface area contributed by atoms with E-state index in [1.807, 2.05) is 13.8 Å². The minimum atomic E-state index is -4.28. The normalized spacial score (nSPS) is 14.4. The van der Waals surface area contributed by atoms with Crippen LogP contribution in [0.15, 0.2) is 0 Å². The minimum Gasteiger partial charge on any atom is -0.377 e. The van der Waals surface area contributed by atoms with Crippen LogP contribution in [-0.4, -0.2) is 38.1 Å². The molecule has 1 atom stereocenters. The molecule has 0 saturated carbocycles. The Morgan fingerprint density at radius 3 is 2.38 bits per heavy atom. The van der Waals surface area contributed by atoms with Gasteiger partial charge < -0.3 is 9.47 Å². The fourth-order valence-corrected chi connectivity index (χ4v) is 0.937. The van der Waals surface area contributed by atoms with Gasteiger partial charge in [-0.15, -0.1) is 0 Å². The number of hydrogen-bond acceptors (Lipinski definition) is 4. The van der Waals surface area contributed by atoms with Gasteiger partial charge in [0, 0.05) is 12.6 Å². The second kappa shape index (κ2) is 7.83. The molecule has 3 N–H and O–H groups in total. The number of hydrogen-bond donors (Lipinski definition) is 2. The molecule has 0 aromatic rings. The van der Waals surface area contributed by atoms with Crippen molar-refractivity contribution in [2.24, 2.45) is 5.84 Å². The molecule has 1 unspecified atom stereocenters. The van der Waals surface area contributed by atoms with Gasteiger partial charge in [0.15, 0.2) is 0 Å². The molecule has 7 heteroatoms. The molecule has 0 amide bonds. The maximum atomic E-state index is 11.7. The van der Waals surface area contributed by atoms with Gasteiger partial charge in [-0.3, -0.25) is 11.3 Å². The van der Waals surface area contributed by atoms with Crippen molar-refractivity contribution in [3.63, 3.8) is 0 Å². The summed E-state index contributed by atoms with van der Waals surface area (Å²) in [7, 11) is 0. The van der Waals surface area contributed by atoms with E-state index in [-0.39, 0.29) is 18.8 Å². The zero-order chi connectivity index (χ0) is 12.6. The van der Waals surface area contributed by atoms with Gasteiger partial charge in [-0.25, -0.2) is 0 Å². The van der Waals surface area contributed by atoms with Gasteiger partial charge in [0.1, 0.15) is 6.61 Å². The lowest BCUT2D eigenvalue weighted by Crippen LogP contribution is -2.40. The zero-order valence-corrected chi connectivity index (χ0v) is 9.51. The smallest absolute Gasteiger partial charge is 0.377 e. The third-order valence-electron chi connectivity index (χ3n) is 1.74. The van der Waals surface area contributed by atoms with Crippen LogP contribution in [0.1, 0.15) is 20.3 Å². The van der Waals surface area contributed by atoms with Gasteiger partial charge in [-0.2, -0.15) is 13.2 Å². The second-order valence-electron chi connectivity index (χ2n) is 3.70. The Morgan fingerprint density at radius 2 is 1.94 bits per heavy atom. The minimum absolute atomic E-state index is 0.00414. The van der Waals surface area contributed by atoms with Crippen molar-refractivity contribution in [2.75, 3.05) is 19.8 Å². The summed E-state index contributed by atoms with van der Waals surface area (Å²) in [6.07, 6.45) is -3.84. The summed E-state index contributed by atoms with van der Waals surface area (Å²) in [6, 6.07) is -0.198. The third kappa shape index (κ3) is 10.2. The molecule has 0 bridgehead atoms. The highest BCUT2D eigenvalue weighted by atomic mass is 19.4. The van der Waals surface area contributed by atoms with Gasteiger partial charge in [0.25, 0.3) is 0 Å². The van der Waals surface area contributed by atoms with Crippen LogP contribution in [0.5, 0.6) is 0 Å². The van der Waals surface area contributed by atoms with Crippen molar-refractivity contribution in [1.82, 2.24) is 5.43 Å². The molecule has 0 radical (unpaired) electrons. The number of nitrogens with two attached hydrogens (primary N) is 1. The van der Waals surface area contributed by atoms with Crippen LogP contribution in [0.4, 0.5) is 13.2 Å². The predicted octanol–water partition coefficient (Wildman–Crippen LogP) is 1.21. The zero-order valence-electron chi connectivity index (χ0n) is 9.51. The van der Waals surface area contributed by atoms with E-state index >= 15 is 0 Å². The Hall–Kier alpha value is -0.370. The van der Waals surface area contributed by atoms with Crippen LogP contribution < -0.4 is 11.3 Å². The number of alkyl halides is 3. The Kier molecular flexibility index (Phi) is 7.65. The van der Waals surface area contributed by atoms with Gasteiger partial charge in [-0.1, -0.05) is 0 Å². The molecular weight excluding hydrogens is 225 g/mol. The monoisotopic (exact) mass is 244 g/mol. The highest BCUT2D eigenvalue weighted by Crippen LogP contribution is 2.14. The standard InChI is InChI=1S/C9H19F3N2O2/c1-7(2)16-5-8(14-13)3-4-15-6-9(10,11)12/h7-8,14H,3-6,13H2,1-2H3. The molecule has 0 aromatic heterocycles. The van der Waals surface area contributed by atoms with E-state index < -0.39 is 12.8 Å². The second-order valence-corrected chi connectivity index (χ2v) is 3.70. The van der Waals surface area contributed by atoms with Gasteiger partial charge in [-0.05, 0) is 20.3 Å². The molecule has 16 heavy (non-hydrogen) atoms. The molecular formula is C9H19F3N2O2. The lowest BCUT2D eigenvalue weighted by atomic mass is 10.2. The molecule has 0 aromatic carbocycles. The summed E-state index contributed by atoms with van der Waals surface area (Å²) in [6.45, 7) is 2.86. The summed E-state index contributed by atoms with van der Waals surface area (Å²) >= 11 is 0. The SMILES string of the molecule is CC(C)OCC(CCOCC(F)(F)F)NN. The van der Waals surface area contributed by atoms with Crippen molar-refractivity contribution >= 4 is 0 Å². The van der Waals surface area contributed by atoms with E-state index in [1.165, 1.54) is 0 Å². The Morgan fingerprint density at radius 1 is 1.31 bits per heavy atom. The fraction of sp³-hybridized carbons (Fsp3) is 1.00. The number of hydrazine groups is 1. The number of halogens is 3. The van der Waals surface area contributed by atoms with Gasteiger partial charge >= 0.3 is 6.18 Å². The molecule has 0 aliphatic rings. The Balaban J connectivity index is 3.55. The third-order valence-corrected chi connectivity index (χ3v) is 1.74. The van der Waals surface area contributed by atoms with Gasteiger partial charge in [0.05, 0.1) is 12.7 Å². The summed E-state index contributed by atoms with van der Waals surface area (Å²) in [5.41, 5.74) is 2.47. The summed E-state index contributed by atoms with van der Waals surface area (Å²) in [5.74, 6) is 5.22. The number of ether oxygens (including phenoxy) is 2. The molecule has 98 valence electrons. The molecule has 0 heterocycles. The van der Waals surface area contributed by atoms with Crippen LogP contribution in [-0.2, 0) is 9.47 Å². The first-order valence-corrected chi connectivity index (χ1v) is 5.07. The Labute approximate surface area is 93.2 Å². The van der Waals surface area contributed by atoms with E-state index in [0.717, 1.165) is 0 Å². The van der Waals surface area contributed by atoms with Gasteiger partial charge in [0.2, 0.25) is 0 Å². The van der Waals surface area contributed by atoms with Crippen LogP contribution in [0.2, 0.25) is 0 Å². The van der Waals surface area contributed by atoms with Crippen molar-refractivity contribution < 1.29 is 22.6 Å². The fourth-order valence-electron chi connectivity index (χ4n) is 0.937. The quantitative estimate of drug-likeness (QED) is 0.383. The first-order chi connectivity index (χ1) is 7.35. The molecule has 0 aliphatic carbocycles. The van der Waals surface area contributed by atoms with Crippen LogP contribution in [0, 0.1) is 0 Å². The molecule has 0 rings (SSSR count). The topological polar surface area (TPSA) is 56.5 Å². The molecule has 0 spiro atoms. The Bertz CT molecular complexity index is 177. The lowest BCUT2D eigenvalue weighted by molar-refractivity contribution is -0.174. The largest absolute Gasteiger partial charge is 0.411 e. The van der Waals surface area contributed by atoms with Crippen LogP contribution >= 0.6 is 0 Å². The average molecular weight is 244 g/mol.